The number of alkyl halides is 3. The van der Waals surface area contributed by atoms with E-state index >= 15 is 0 Å². The number of rotatable bonds is 2. The summed E-state index contributed by atoms with van der Waals surface area (Å²) < 4.78 is 57.1. The van der Waals surface area contributed by atoms with Gasteiger partial charge in [0.2, 0.25) is 0 Å². The van der Waals surface area contributed by atoms with Gasteiger partial charge in [0.05, 0.1) is 11.3 Å². The molecule has 22 heavy (non-hydrogen) atoms. The van der Waals surface area contributed by atoms with E-state index in [9.17, 15) is 17.6 Å². The topological polar surface area (TPSA) is 48.1 Å². The summed E-state index contributed by atoms with van der Waals surface area (Å²) in [5.41, 5.74) is 5.83. The molecule has 0 radical (unpaired) electrons. The summed E-state index contributed by atoms with van der Waals surface area (Å²) in [6.45, 7) is 0.230. The van der Waals surface area contributed by atoms with E-state index in [1.54, 1.807) is 0 Å². The fourth-order valence-corrected chi connectivity index (χ4v) is 2.42. The molecule has 0 bridgehead atoms. The molecule has 2 heterocycles. The van der Waals surface area contributed by atoms with E-state index < -0.39 is 17.6 Å². The van der Waals surface area contributed by atoms with Crippen LogP contribution in [0, 0.1) is 5.82 Å². The molecule has 0 aliphatic carbocycles. The number of aromatic nitrogens is 1. The normalized spacial score (nSPS) is 17.2. The molecule has 0 unspecified atom stereocenters. The maximum Gasteiger partial charge on any atom is 0.417 e. The highest BCUT2D eigenvalue weighted by molar-refractivity contribution is 5.70. The van der Waals surface area contributed by atoms with Gasteiger partial charge in [0.25, 0.3) is 0 Å². The third-order valence-corrected chi connectivity index (χ3v) is 3.55. The summed E-state index contributed by atoms with van der Waals surface area (Å²) in [6.07, 6.45) is -3.69. The molecule has 0 fully saturated rings. The van der Waals surface area contributed by atoms with Crippen molar-refractivity contribution in [2.45, 2.75) is 18.7 Å². The second-order valence-electron chi connectivity index (χ2n) is 5.01. The SMILES string of the molecule is NC[C@H]1Cc2c(F)ccc(-c3ccc(C(F)(F)F)cn3)c2O1. The van der Waals surface area contributed by atoms with Crippen LogP contribution in [0.1, 0.15) is 11.1 Å². The van der Waals surface area contributed by atoms with Crippen molar-refractivity contribution in [3.63, 3.8) is 0 Å². The maximum absolute atomic E-state index is 13.8. The highest BCUT2D eigenvalue weighted by Gasteiger charge is 2.32. The predicted octanol–water partition coefficient (Wildman–Crippen LogP) is 3.17. The highest BCUT2D eigenvalue weighted by Crippen LogP contribution is 2.40. The summed E-state index contributed by atoms with van der Waals surface area (Å²) in [4.78, 5) is 3.82. The Morgan fingerprint density at radius 1 is 1.23 bits per heavy atom. The average molecular weight is 312 g/mol. The van der Waals surface area contributed by atoms with E-state index in [1.165, 1.54) is 18.2 Å². The van der Waals surface area contributed by atoms with Crippen LogP contribution in [-0.4, -0.2) is 17.6 Å². The molecule has 1 atom stereocenters. The van der Waals surface area contributed by atoms with Gasteiger partial charge in [-0.05, 0) is 24.3 Å². The number of hydrogen-bond donors (Lipinski definition) is 1. The van der Waals surface area contributed by atoms with Gasteiger partial charge in [-0.25, -0.2) is 4.39 Å². The second kappa shape index (κ2) is 5.24. The Labute approximate surface area is 123 Å². The molecule has 0 amide bonds. The number of halogens is 4. The first-order valence-corrected chi connectivity index (χ1v) is 6.62. The minimum atomic E-state index is -4.45. The van der Waals surface area contributed by atoms with E-state index in [4.69, 9.17) is 10.5 Å². The monoisotopic (exact) mass is 312 g/mol. The molecule has 0 spiro atoms. The largest absolute Gasteiger partial charge is 0.488 e. The highest BCUT2D eigenvalue weighted by atomic mass is 19.4. The number of nitrogens with two attached hydrogens (primary N) is 1. The molecule has 116 valence electrons. The first-order valence-electron chi connectivity index (χ1n) is 6.62. The molecule has 3 nitrogen and oxygen atoms in total. The van der Waals surface area contributed by atoms with Crippen LogP contribution >= 0.6 is 0 Å². The van der Waals surface area contributed by atoms with Crippen molar-refractivity contribution in [3.8, 4) is 17.0 Å². The average Bonchev–Trinajstić information content (AvgIpc) is 2.92. The summed E-state index contributed by atoms with van der Waals surface area (Å²) in [7, 11) is 0. The number of pyridine rings is 1. The molecule has 1 aromatic carbocycles. The Hall–Kier alpha value is -2.15. The third-order valence-electron chi connectivity index (χ3n) is 3.55. The van der Waals surface area contributed by atoms with Gasteiger partial charge < -0.3 is 10.5 Å². The third kappa shape index (κ3) is 2.52. The van der Waals surface area contributed by atoms with Crippen molar-refractivity contribution in [3.05, 3.63) is 47.4 Å². The summed E-state index contributed by atoms with van der Waals surface area (Å²) in [6, 6.07) is 4.89. The van der Waals surface area contributed by atoms with E-state index in [1.807, 2.05) is 0 Å². The molecule has 3 rings (SSSR count). The van der Waals surface area contributed by atoms with E-state index in [0.29, 0.717) is 29.0 Å². The Kier molecular flexibility index (Phi) is 3.52. The summed E-state index contributed by atoms with van der Waals surface area (Å²) >= 11 is 0. The molecule has 1 aliphatic heterocycles. The van der Waals surface area contributed by atoms with Gasteiger partial charge in [-0.1, -0.05) is 0 Å². The molecular formula is C15H12F4N2O. The summed E-state index contributed by atoms with van der Waals surface area (Å²) in [5.74, 6) is -0.107. The zero-order chi connectivity index (χ0) is 15.9. The fourth-order valence-electron chi connectivity index (χ4n) is 2.42. The van der Waals surface area contributed by atoms with Crippen LogP contribution in [0.25, 0.3) is 11.3 Å². The standard InChI is InChI=1S/C15H12F4N2O/c16-12-3-2-10(14-11(12)5-9(6-20)22-14)13-4-1-8(7-21-13)15(17,18)19/h1-4,7,9H,5-6,20H2/t9-/m1/s1. The van der Waals surface area contributed by atoms with Gasteiger partial charge in [-0.3, -0.25) is 4.98 Å². The van der Waals surface area contributed by atoms with Crippen molar-refractivity contribution in [2.24, 2.45) is 5.73 Å². The lowest BCUT2D eigenvalue weighted by Crippen LogP contribution is -2.24. The molecule has 2 aromatic rings. The molecule has 2 N–H and O–H groups in total. The van der Waals surface area contributed by atoms with Crippen LogP contribution in [-0.2, 0) is 12.6 Å². The van der Waals surface area contributed by atoms with Crippen LogP contribution in [0.4, 0.5) is 17.6 Å². The summed E-state index contributed by atoms with van der Waals surface area (Å²) in [5, 5.41) is 0. The number of ether oxygens (including phenoxy) is 1. The molecule has 1 aliphatic rings. The van der Waals surface area contributed by atoms with Crippen molar-refractivity contribution in [2.75, 3.05) is 6.54 Å². The van der Waals surface area contributed by atoms with Crippen LogP contribution in [0.15, 0.2) is 30.5 Å². The van der Waals surface area contributed by atoms with Crippen molar-refractivity contribution in [1.29, 1.82) is 0 Å². The Morgan fingerprint density at radius 2 is 2.00 bits per heavy atom. The smallest absolute Gasteiger partial charge is 0.417 e. The van der Waals surface area contributed by atoms with Crippen LogP contribution in [0.3, 0.4) is 0 Å². The number of benzene rings is 1. The molecule has 1 aromatic heterocycles. The van der Waals surface area contributed by atoms with E-state index in [0.717, 1.165) is 12.3 Å². The van der Waals surface area contributed by atoms with Gasteiger partial charge in [-0.15, -0.1) is 0 Å². The van der Waals surface area contributed by atoms with Gasteiger partial charge in [0.15, 0.2) is 0 Å². The van der Waals surface area contributed by atoms with Gasteiger partial charge in [0, 0.05) is 30.3 Å². The van der Waals surface area contributed by atoms with E-state index in [2.05, 4.69) is 4.98 Å². The first-order chi connectivity index (χ1) is 10.4. The molecular weight excluding hydrogens is 300 g/mol. The Bertz CT molecular complexity index is 698. The maximum atomic E-state index is 13.8. The second-order valence-corrected chi connectivity index (χ2v) is 5.01. The first kappa shape index (κ1) is 14.8. The van der Waals surface area contributed by atoms with Gasteiger partial charge in [-0.2, -0.15) is 13.2 Å². The van der Waals surface area contributed by atoms with Crippen molar-refractivity contribution >= 4 is 0 Å². The van der Waals surface area contributed by atoms with Crippen molar-refractivity contribution in [1.82, 2.24) is 4.98 Å². The lowest BCUT2D eigenvalue weighted by Gasteiger charge is -2.11. The van der Waals surface area contributed by atoms with E-state index in [-0.39, 0.29) is 12.6 Å². The van der Waals surface area contributed by atoms with Crippen LogP contribution < -0.4 is 10.5 Å². The van der Waals surface area contributed by atoms with Crippen molar-refractivity contribution < 1.29 is 22.3 Å². The lowest BCUT2D eigenvalue weighted by molar-refractivity contribution is -0.137. The number of hydrogen-bond acceptors (Lipinski definition) is 3. The number of fused-ring (bicyclic) bond motifs is 1. The number of nitrogens with zero attached hydrogens (tertiary/aromatic N) is 1. The predicted molar refractivity (Wildman–Crippen MR) is 71.8 cm³/mol. The van der Waals surface area contributed by atoms with Crippen LogP contribution in [0.2, 0.25) is 0 Å². The van der Waals surface area contributed by atoms with Gasteiger partial charge in [0.1, 0.15) is 17.7 Å². The Morgan fingerprint density at radius 3 is 2.59 bits per heavy atom. The minimum absolute atomic E-state index is 0.230. The zero-order valence-corrected chi connectivity index (χ0v) is 11.3. The minimum Gasteiger partial charge on any atom is -0.488 e. The zero-order valence-electron chi connectivity index (χ0n) is 11.3. The molecule has 0 saturated heterocycles. The van der Waals surface area contributed by atoms with Crippen LogP contribution in [0.5, 0.6) is 5.75 Å². The fraction of sp³-hybridized carbons (Fsp3) is 0.267. The quantitative estimate of drug-likeness (QED) is 0.867. The molecule has 7 heteroatoms. The Balaban J connectivity index is 2.02. The van der Waals surface area contributed by atoms with Gasteiger partial charge >= 0.3 is 6.18 Å². The lowest BCUT2D eigenvalue weighted by atomic mass is 10.0. The molecule has 0 saturated carbocycles.